The standard InChI is InChI=1S/C19H24BrN3O2/c1-3-13(4-2)18(24)22-7-9-23(10-8-22)19(25)17-12-14-11-15(20)5-6-16(14)21-17/h5-6,11-13,21H,3-4,7-10H2,1-2H3. The molecule has 2 aromatic rings. The Morgan fingerprint density at radius 3 is 2.36 bits per heavy atom. The maximum absolute atomic E-state index is 12.8. The van der Waals surface area contributed by atoms with E-state index in [0.717, 1.165) is 28.2 Å². The van der Waals surface area contributed by atoms with Gasteiger partial charge in [-0.25, -0.2) is 0 Å². The number of benzene rings is 1. The van der Waals surface area contributed by atoms with Crippen molar-refractivity contribution in [2.75, 3.05) is 26.2 Å². The zero-order valence-corrected chi connectivity index (χ0v) is 16.3. The summed E-state index contributed by atoms with van der Waals surface area (Å²) in [6.07, 6.45) is 1.75. The Hall–Kier alpha value is -1.82. The minimum Gasteiger partial charge on any atom is -0.351 e. The Labute approximate surface area is 156 Å². The smallest absolute Gasteiger partial charge is 0.270 e. The molecular formula is C19H24BrN3O2. The molecule has 1 aliphatic rings. The van der Waals surface area contributed by atoms with E-state index in [1.807, 2.05) is 34.1 Å². The number of H-pyrrole nitrogens is 1. The van der Waals surface area contributed by atoms with E-state index in [1.165, 1.54) is 0 Å². The average molecular weight is 406 g/mol. The van der Waals surface area contributed by atoms with Crippen molar-refractivity contribution in [3.05, 3.63) is 34.4 Å². The van der Waals surface area contributed by atoms with Crippen molar-refractivity contribution in [1.29, 1.82) is 0 Å². The Morgan fingerprint density at radius 2 is 1.72 bits per heavy atom. The molecule has 0 saturated carbocycles. The molecule has 0 aliphatic carbocycles. The van der Waals surface area contributed by atoms with Crippen molar-refractivity contribution < 1.29 is 9.59 Å². The number of amides is 2. The van der Waals surface area contributed by atoms with Gasteiger partial charge in [0.25, 0.3) is 5.91 Å². The summed E-state index contributed by atoms with van der Waals surface area (Å²) in [4.78, 5) is 32.2. The van der Waals surface area contributed by atoms with Crippen LogP contribution in [-0.4, -0.2) is 52.8 Å². The Bertz CT molecular complexity index is 774. The van der Waals surface area contributed by atoms with Gasteiger partial charge in [0.15, 0.2) is 0 Å². The van der Waals surface area contributed by atoms with E-state index in [2.05, 4.69) is 34.8 Å². The lowest BCUT2D eigenvalue weighted by Gasteiger charge is -2.36. The number of fused-ring (bicyclic) bond motifs is 1. The quantitative estimate of drug-likeness (QED) is 0.843. The highest BCUT2D eigenvalue weighted by Crippen LogP contribution is 2.22. The largest absolute Gasteiger partial charge is 0.351 e. The third-order valence-electron chi connectivity index (χ3n) is 5.03. The van der Waals surface area contributed by atoms with Crippen LogP contribution in [0.4, 0.5) is 0 Å². The van der Waals surface area contributed by atoms with Crippen molar-refractivity contribution >= 4 is 38.6 Å². The number of piperazine rings is 1. The maximum atomic E-state index is 12.8. The molecule has 6 heteroatoms. The van der Waals surface area contributed by atoms with Crippen LogP contribution in [0.2, 0.25) is 0 Å². The molecule has 1 aromatic carbocycles. The number of aromatic amines is 1. The lowest BCUT2D eigenvalue weighted by Crippen LogP contribution is -2.52. The van der Waals surface area contributed by atoms with Gasteiger partial charge in [-0.05, 0) is 37.1 Å². The Kier molecular flexibility index (Phi) is 5.47. The van der Waals surface area contributed by atoms with Gasteiger partial charge in [0.2, 0.25) is 5.91 Å². The van der Waals surface area contributed by atoms with Crippen LogP contribution in [0.1, 0.15) is 37.2 Å². The van der Waals surface area contributed by atoms with E-state index in [-0.39, 0.29) is 17.7 Å². The van der Waals surface area contributed by atoms with E-state index < -0.39 is 0 Å². The molecule has 1 aliphatic heterocycles. The first-order valence-corrected chi connectivity index (χ1v) is 9.69. The SMILES string of the molecule is CCC(CC)C(=O)N1CCN(C(=O)c2cc3cc(Br)ccc3[nH]2)CC1. The van der Waals surface area contributed by atoms with E-state index in [4.69, 9.17) is 0 Å². The number of carbonyl (C=O) groups is 2. The zero-order valence-electron chi connectivity index (χ0n) is 14.7. The monoisotopic (exact) mass is 405 g/mol. The number of nitrogens with one attached hydrogen (secondary N) is 1. The van der Waals surface area contributed by atoms with Crippen molar-refractivity contribution in [1.82, 2.24) is 14.8 Å². The third-order valence-corrected chi connectivity index (χ3v) is 5.52. The zero-order chi connectivity index (χ0) is 18.0. The highest BCUT2D eigenvalue weighted by molar-refractivity contribution is 9.10. The molecule has 0 radical (unpaired) electrons. The predicted molar refractivity (Wildman–Crippen MR) is 103 cm³/mol. The highest BCUT2D eigenvalue weighted by atomic mass is 79.9. The molecule has 1 fully saturated rings. The number of nitrogens with zero attached hydrogens (tertiary/aromatic N) is 2. The molecular weight excluding hydrogens is 382 g/mol. The first kappa shape index (κ1) is 18.0. The summed E-state index contributed by atoms with van der Waals surface area (Å²) in [5, 5.41) is 1.01. The van der Waals surface area contributed by atoms with Gasteiger partial charge in [-0.3, -0.25) is 9.59 Å². The lowest BCUT2D eigenvalue weighted by atomic mass is 10.0. The summed E-state index contributed by atoms with van der Waals surface area (Å²) in [7, 11) is 0. The normalized spacial score (nSPS) is 15.2. The van der Waals surface area contributed by atoms with Gasteiger partial charge in [-0.15, -0.1) is 0 Å². The highest BCUT2D eigenvalue weighted by Gasteiger charge is 2.28. The van der Waals surface area contributed by atoms with Crippen molar-refractivity contribution in [2.24, 2.45) is 5.92 Å². The first-order valence-electron chi connectivity index (χ1n) is 8.89. The lowest BCUT2D eigenvalue weighted by molar-refractivity contribution is -0.137. The van der Waals surface area contributed by atoms with Gasteiger partial charge in [0.05, 0.1) is 0 Å². The summed E-state index contributed by atoms with van der Waals surface area (Å²) in [6.45, 7) is 6.52. The van der Waals surface area contributed by atoms with Crippen LogP contribution in [-0.2, 0) is 4.79 Å². The van der Waals surface area contributed by atoms with Crippen LogP contribution < -0.4 is 0 Å². The number of carbonyl (C=O) groups excluding carboxylic acids is 2. The molecule has 1 aromatic heterocycles. The topological polar surface area (TPSA) is 56.4 Å². The Morgan fingerprint density at radius 1 is 1.08 bits per heavy atom. The summed E-state index contributed by atoms with van der Waals surface area (Å²) in [5.74, 6) is 0.337. The number of rotatable bonds is 4. The molecule has 0 bridgehead atoms. The Balaban J connectivity index is 1.65. The second-order valence-electron chi connectivity index (χ2n) is 6.55. The van der Waals surface area contributed by atoms with Gasteiger partial charge >= 0.3 is 0 Å². The van der Waals surface area contributed by atoms with Gasteiger partial charge < -0.3 is 14.8 Å². The molecule has 1 saturated heterocycles. The maximum Gasteiger partial charge on any atom is 0.270 e. The van der Waals surface area contributed by atoms with Crippen molar-refractivity contribution in [2.45, 2.75) is 26.7 Å². The number of aromatic nitrogens is 1. The van der Waals surface area contributed by atoms with Gasteiger partial charge in [0, 0.05) is 47.5 Å². The molecule has 2 heterocycles. The van der Waals surface area contributed by atoms with Crippen LogP contribution >= 0.6 is 15.9 Å². The second kappa shape index (κ2) is 7.60. The fourth-order valence-electron chi connectivity index (χ4n) is 3.42. The summed E-state index contributed by atoms with van der Waals surface area (Å²) in [5.41, 5.74) is 1.56. The van der Waals surface area contributed by atoms with E-state index in [9.17, 15) is 9.59 Å². The molecule has 3 rings (SSSR count). The van der Waals surface area contributed by atoms with E-state index in [1.54, 1.807) is 0 Å². The third kappa shape index (κ3) is 3.73. The van der Waals surface area contributed by atoms with Crippen LogP contribution in [0.5, 0.6) is 0 Å². The fourth-order valence-corrected chi connectivity index (χ4v) is 3.79. The number of hydrogen-bond donors (Lipinski definition) is 1. The molecule has 25 heavy (non-hydrogen) atoms. The van der Waals surface area contributed by atoms with Gasteiger partial charge in [-0.2, -0.15) is 0 Å². The van der Waals surface area contributed by atoms with Crippen LogP contribution in [0.3, 0.4) is 0 Å². The number of hydrogen-bond acceptors (Lipinski definition) is 2. The summed E-state index contributed by atoms with van der Waals surface area (Å²) < 4.78 is 0.992. The van der Waals surface area contributed by atoms with E-state index >= 15 is 0 Å². The predicted octanol–water partition coefficient (Wildman–Crippen LogP) is 3.65. The molecule has 134 valence electrons. The molecule has 5 nitrogen and oxygen atoms in total. The first-order chi connectivity index (χ1) is 12.0. The van der Waals surface area contributed by atoms with Gasteiger partial charge in [-0.1, -0.05) is 29.8 Å². The second-order valence-corrected chi connectivity index (χ2v) is 7.46. The van der Waals surface area contributed by atoms with Crippen molar-refractivity contribution in [3.8, 4) is 0 Å². The molecule has 2 amide bonds. The fraction of sp³-hybridized carbons (Fsp3) is 0.474. The minimum absolute atomic E-state index is 0.00181. The molecule has 1 N–H and O–H groups in total. The number of halogens is 1. The molecule has 0 unspecified atom stereocenters. The molecule has 0 atom stereocenters. The average Bonchev–Trinajstić information content (AvgIpc) is 3.05. The van der Waals surface area contributed by atoms with Crippen LogP contribution in [0.25, 0.3) is 10.9 Å². The summed E-state index contributed by atoms with van der Waals surface area (Å²) >= 11 is 3.45. The summed E-state index contributed by atoms with van der Waals surface area (Å²) in [6, 6.07) is 7.80. The molecule has 0 spiro atoms. The minimum atomic E-state index is 0.00181. The van der Waals surface area contributed by atoms with Crippen molar-refractivity contribution in [3.63, 3.8) is 0 Å². The van der Waals surface area contributed by atoms with E-state index in [0.29, 0.717) is 31.9 Å². The van der Waals surface area contributed by atoms with Crippen LogP contribution in [0, 0.1) is 5.92 Å². The van der Waals surface area contributed by atoms with Crippen LogP contribution in [0.15, 0.2) is 28.7 Å². The van der Waals surface area contributed by atoms with Gasteiger partial charge in [0.1, 0.15) is 5.69 Å².